The average molecular weight is 631 g/mol. The van der Waals surface area contributed by atoms with Crippen molar-refractivity contribution in [1.82, 2.24) is 30.3 Å². The van der Waals surface area contributed by atoms with E-state index in [-0.39, 0.29) is 44.2 Å². The number of aryl methyl sites for hydroxylation is 1. The lowest BCUT2D eigenvalue weighted by Gasteiger charge is -2.31. The predicted octanol–water partition coefficient (Wildman–Crippen LogP) is 4.54. The lowest BCUT2D eigenvalue weighted by atomic mass is 9.94. The molecule has 15 heteroatoms. The zero-order valence-corrected chi connectivity index (χ0v) is 25.6. The highest BCUT2D eigenvalue weighted by molar-refractivity contribution is 5.87. The van der Waals surface area contributed by atoms with Gasteiger partial charge in [0, 0.05) is 25.6 Å². The number of alkyl halides is 3. The van der Waals surface area contributed by atoms with Crippen LogP contribution in [-0.4, -0.2) is 61.8 Å². The van der Waals surface area contributed by atoms with Crippen LogP contribution in [0.3, 0.4) is 0 Å². The number of amides is 3. The number of carbonyl (C=O) groups excluding carboxylic acids is 3. The van der Waals surface area contributed by atoms with Gasteiger partial charge < -0.3 is 24.8 Å². The van der Waals surface area contributed by atoms with Crippen LogP contribution in [0.4, 0.5) is 26.7 Å². The summed E-state index contributed by atoms with van der Waals surface area (Å²) in [6, 6.07) is 0.0953. The number of fused-ring (bicyclic) bond motifs is 1. The van der Waals surface area contributed by atoms with Gasteiger partial charge in [-0.1, -0.05) is 27.2 Å². The number of benzene rings is 1. The number of aromatic nitrogens is 3. The molecular weight excluding hydrogens is 591 g/mol. The first-order valence-electron chi connectivity index (χ1n) is 14.5. The molecular formula is C29H39F5N6O4. The molecule has 0 saturated carbocycles. The van der Waals surface area contributed by atoms with Gasteiger partial charge in [0.2, 0.25) is 17.6 Å². The van der Waals surface area contributed by atoms with Crippen molar-refractivity contribution in [3.63, 3.8) is 0 Å². The van der Waals surface area contributed by atoms with Crippen molar-refractivity contribution in [2.75, 3.05) is 6.54 Å². The number of nitrogens with one attached hydrogen (secondary N) is 2. The Hall–Kier alpha value is -3.78. The molecule has 44 heavy (non-hydrogen) atoms. The average Bonchev–Trinajstić information content (AvgIpc) is 3.36. The van der Waals surface area contributed by atoms with Crippen LogP contribution >= 0.6 is 0 Å². The van der Waals surface area contributed by atoms with Crippen LogP contribution in [0.25, 0.3) is 0 Å². The third-order valence-electron chi connectivity index (χ3n) is 7.38. The predicted molar refractivity (Wildman–Crippen MR) is 149 cm³/mol. The number of nitrogens with zero attached hydrogens (tertiary/aromatic N) is 4. The maximum absolute atomic E-state index is 14.3. The molecule has 1 aromatic carbocycles. The number of alkyl carbamates (subject to hydrolysis) is 1. The highest BCUT2D eigenvalue weighted by Crippen LogP contribution is 2.29. The maximum atomic E-state index is 14.3. The summed E-state index contributed by atoms with van der Waals surface area (Å²) in [5.41, 5.74) is 0.0303. The van der Waals surface area contributed by atoms with Crippen molar-refractivity contribution in [1.29, 1.82) is 0 Å². The zero-order chi connectivity index (χ0) is 33.0. The fraction of sp³-hybridized carbons (Fsp3) is 0.621. The molecule has 0 saturated heterocycles. The Bertz CT molecular complexity index is 1360. The third kappa shape index (κ3) is 8.88. The van der Waals surface area contributed by atoms with Crippen LogP contribution in [0.15, 0.2) is 12.1 Å². The van der Waals surface area contributed by atoms with E-state index in [0.717, 1.165) is 16.7 Å². The van der Waals surface area contributed by atoms with Gasteiger partial charge in [-0.3, -0.25) is 9.59 Å². The minimum atomic E-state index is -4.70. The summed E-state index contributed by atoms with van der Waals surface area (Å²) in [6.07, 6.45) is -5.02. The molecule has 3 unspecified atom stereocenters. The monoisotopic (exact) mass is 630 g/mol. The lowest BCUT2D eigenvalue weighted by molar-refractivity contribution is -0.148. The van der Waals surface area contributed by atoms with Gasteiger partial charge in [-0.05, 0) is 62.8 Å². The summed E-state index contributed by atoms with van der Waals surface area (Å²) in [5, 5.41) is 12.2. The van der Waals surface area contributed by atoms with Gasteiger partial charge in [-0.15, -0.1) is 10.2 Å². The first kappa shape index (κ1) is 34.7. The Kier molecular flexibility index (Phi) is 11.0. The first-order chi connectivity index (χ1) is 20.4. The summed E-state index contributed by atoms with van der Waals surface area (Å²) in [6.45, 7) is 9.88. The van der Waals surface area contributed by atoms with Crippen LogP contribution in [0.1, 0.15) is 77.2 Å². The number of rotatable bonds is 10. The molecule has 0 bridgehead atoms. The molecule has 2 heterocycles. The Labute approximate surface area is 252 Å². The number of hydrogen-bond acceptors (Lipinski definition) is 6. The smallest absolute Gasteiger partial charge is 0.444 e. The van der Waals surface area contributed by atoms with E-state index in [0.29, 0.717) is 24.0 Å². The van der Waals surface area contributed by atoms with E-state index in [9.17, 15) is 36.3 Å². The van der Waals surface area contributed by atoms with E-state index in [4.69, 9.17) is 4.74 Å². The van der Waals surface area contributed by atoms with Crippen molar-refractivity contribution in [2.24, 2.45) is 5.92 Å². The van der Waals surface area contributed by atoms with Gasteiger partial charge in [0.05, 0.1) is 6.54 Å². The highest BCUT2D eigenvalue weighted by Gasteiger charge is 2.40. The van der Waals surface area contributed by atoms with E-state index in [1.165, 1.54) is 4.90 Å². The summed E-state index contributed by atoms with van der Waals surface area (Å²) >= 11 is 0. The SMILES string of the molecule is CCc1cc(F)c(F)cc1CC(CC(=O)N1CCn2c(nnc2C(F)(F)F)C1)NC(=O)C(NC(=O)OC(C)(C)C)C(C)CC. The number of ether oxygens (including phenoxy) is 1. The molecule has 1 aliphatic heterocycles. The second kappa shape index (κ2) is 13.9. The van der Waals surface area contributed by atoms with E-state index in [1.54, 1.807) is 34.6 Å². The largest absolute Gasteiger partial charge is 0.451 e. The number of halogens is 5. The van der Waals surface area contributed by atoms with Gasteiger partial charge in [0.1, 0.15) is 11.6 Å². The Balaban J connectivity index is 1.86. The third-order valence-corrected chi connectivity index (χ3v) is 7.38. The van der Waals surface area contributed by atoms with E-state index in [2.05, 4.69) is 20.8 Å². The molecule has 3 amide bonds. The molecule has 2 N–H and O–H groups in total. The molecule has 244 valence electrons. The maximum Gasteiger partial charge on any atom is 0.451 e. The van der Waals surface area contributed by atoms with Crippen molar-refractivity contribution >= 4 is 17.9 Å². The van der Waals surface area contributed by atoms with Crippen LogP contribution in [0, 0.1) is 17.6 Å². The molecule has 0 radical (unpaired) electrons. The van der Waals surface area contributed by atoms with Crippen molar-refractivity contribution in [2.45, 2.75) is 104 Å². The molecule has 1 aliphatic rings. The van der Waals surface area contributed by atoms with Crippen LogP contribution < -0.4 is 10.6 Å². The standard InChI is InChI=1S/C29H39F5N6O4/c1-7-16(3)24(36-27(43)44-28(4,5)6)25(42)35-19(11-18-13-21(31)20(30)12-17(18)8-2)14-23(41)39-9-10-40-22(15-39)37-38-26(40)29(32,33)34/h12-13,16,19,24H,7-11,14-15H2,1-6H3,(H,35,42)(H,36,43). The van der Waals surface area contributed by atoms with E-state index in [1.807, 2.05) is 6.92 Å². The Morgan fingerprint density at radius 1 is 1.00 bits per heavy atom. The molecule has 2 aromatic rings. The van der Waals surface area contributed by atoms with Crippen molar-refractivity contribution in [3.8, 4) is 0 Å². The summed E-state index contributed by atoms with van der Waals surface area (Å²) in [7, 11) is 0. The van der Waals surface area contributed by atoms with Gasteiger partial charge in [-0.25, -0.2) is 13.6 Å². The first-order valence-corrected chi connectivity index (χ1v) is 14.5. The van der Waals surface area contributed by atoms with Gasteiger partial charge in [0.25, 0.3) is 0 Å². The zero-order valence-electron chi connectivity index (χ0n) is 25.6. The number of carbonyl (C=O) groups is 3. The summed E-state index contributed by atoms with van der Waals surface area (Å²) < 4.78 is 74.2. The summed E-state index contributed by atoms with van der Waals surface area (Å²) in [4.78, 5) is 40.8. The van der Waals surface area contributed by atoms with E-state index < -0.39 is 59.2 Å². The second-order valence-corrected chi connectivity index (χ2v) is 11.9. The van der Waals surface area contributed by atoms with Gasteiger partial charge >= 0.3 is 12.3 Å². The lowest BCUT2D eigenvalue weighted by Crippen LogP contribution is -2.54. The Morgan fingerprint density at radius 2 is 1.64 bits per heavy atom. The molecule has 3 rings (SSSR count). The molecule has 0 spiro atoms. The minimum absolute atomic E-state index is 0.0372. The molecule has 0 fully saturated rings. The molecule has 10 nitrogen and oxygen atoms in total. The quantitative estimate of drug-likeness (QED) is 0.373. The number of hydrogen-bond donors (Lipinski definition) is 2. The van der Waals surface area contributed by atoms with E-state index >= 15 is 0 Å². The van der Waals surface area contributed by atoms with Crippen LogP contribution in [0.5, 0.6) is 0 Å². The minimum Gasteiger partial charge on any atom is -0.444 e. The van der Waals surface area contributed by atoms with Crippen molar-refractivity contribution < 1.29 is 41.1 Å². The normalized spacial score (nSPS) is 15.7. The second-order valence-electron chi connectivity index (χ2n) is 11.9. The van der Waals surface area contributed by atoms with Gasteiger partial charge in [0.15, 0.2) is 17.5 Å². The van der Waals surface area contributed by atoms with Crippen LogP contribution in [-0.2, 0) is 46.4 Å². The fourth-order valence-electron chi connectivity index (χ4n) is 4.94. The van der Waals surface area contributed by atoms with Crippen molar-refractivity contribution in [3.05, 3.63) is 46.5 Å². The van der Waals surface area contributed by atoms with Gasteiger partial charge in [-0.2, -0.15) is 13.2 Å². The van der Waals surface area contributed by atoms with Crippen LogP contribution in [0.2, 0.25) is 0 Å². The highest BCUT2D eigenvalue weighted by atomic mass is 19.4. The molecule has 1 aromatic heterocycles. The molecule has 3 atom stereocenters. The summed E-state index contributed by atoms with van der Waals surface area (Å²) in [5.74, 6) is -4.77. The fourth-order valence-corrected chi connectivity index (χ4v) is 4.94. The molecule has 0 aliphatic carbocycles. The Morgan fingerprint density at radius 3 is 2.20 bits per heavy atom. The topological polar surface area (TPSA) is 118 Å².